The highest BCUT2D eigenvalue weighted by Crippen LogP contribution is 2.30. The Hall–Kier alpha value is -3.22. The van der Waals surface area contributed by atoms with Gasteiger partial charge in [-0.3, -0.25) is 9.69 Å². The van der Waals surface area contributed by atoms with Gasteiger partial charge in [0.15, 0.2) is 0 Å². The SMILES string of the molecule is COc1ccc(N2CCN(C(C(=O)Nc3ccc(OC)c(Cl)c3)c3ccccc3)CC2)cc1. The monoisotopic (exact) mass is 465 g/mol. The van der Waals surface area contributed by atoms with E-state index in [1.807, 2.05) is 42.5 Å². The highest BCUT2D eigenvalue weighted by atomic mass is 35.5. The quantitative estimate of drug-likeness (QED) is 0.540. The fraction of sp³-hybridized carbons (Fsp3) is 0.269. The third-order valence-electron chi connectivity index (χ3n) is 5.90. The molecule has 1 heterocycles. The summed E-state index contributed by atoms with van der Waals surface area (Å²) >= 11 is 6.25. The second kappa shape index (κ2) is 10.6. The van der Waals surface area contributed by atoms with Crippen LogP contribution in [0.25, 0.3) is 0 Å². The predicted molar refractivity (Wildman–Crippen MR) is 133 cm³/mol. The Bertz CT molecular complexity index is 1070. The van der Waals surface area contributed by atoms with Crippen molar-refractivity contribution < 1.29 is 14.3 Å². The number of ether oxygens (including phenoxy) is 2. The summed E-state index contributed by atoms with van der Waals surface area (Å²) in [6.07, 6.45) is 0. The lowest BCUT2D eigenvalue weighted by molar-refractivity contribution is -0.121. The second-order valence-electron chi connectivity index (χ2n) is 7.87. The summed E-state index contributed by atoms with van der Waals surface area (Å²) in [5.41, 5.74) is 2.76. The molecule has 1 aliphatic rings. The fourth-order valence-corrected chi connectivity index (χ4v) is 4.41. The van der Waals surface area contributed by atoms with Gasteiger partial charge in [0.1, 0.15) is 17.5 Å². The number of hydrogen-bond acceptors (Lipinski definition) is 5. The molecule has 0 saturated carbocycles. The normalized spacial score (nSPS) is 15.1. The molecule has 1 N–H and O–H groups in total. The molecular formula is C26H28ClN3O3. The van der Waals surface area contributed by atoms with Gasteiger partial charge in [0.05, 0.1) is 19.2 Å². The molecule has 0 bridgehead atoms. The smallest absolute Gasteiger partial charge is 0.246 e. The average molecular weight is 466 g/mol. The van der Waals surface area contributed by atoms with Crippen molar-refractivity contribution in [1.29, 1.82) is 0 Å². The van der Waals surface area contributed by atoms with E-state index in [1.54, 1.807) is 32.4 Å². The molecule has 3 aromatic carbocycles. The number of nitrogens with zero attached hydrogens (tertiary/aromatic N) is 2. The van der Waals surface area contributed by atoms with E-state index in [1.165, 1.54) is 0 Å². The van der Waals surface area contributed by atoms with E-state index < -0.39 is 6.04 Å². The minimum Gasteiger partial charge on any atom is -0.497 e. The number of halogens is 1. The highest BCUT2D eigenvalue weighted by Gasteiger charge is 2.30. The maximum Gasteiger partial charge on any atom is 0.246 e. The van der Waals surface area contributed by atoms with Crippen LogP contribution in [0.1, 0.15) is 11.6 Å². The summed E-state index contributed by atoms with van der Waals surface area (Å²) in [5.74, 6) is 1.33. The second-order valence-corrected chi connectivity index (χ2v) is 8.28. The Morgan fingerprint density at radius 1 is 0.909 bits per heavy atom. The van der Waals surface area contributed by atoms with Gasteiger partial charge in [0, 0.05) is 37.6 Å². The molecule has 4 rings (SSSR count). The third kappa shape index (κ3) is 5.41. The van der Waals surface area contributed by atoms with E-state index in [9.17, 15) is 4.79 Å². The van der Waals surface area contributed by atoms with Crippen LogP contribution in [0, 0.1) is 0 Å². The molecule has 172 valence electrons. The number of benzene rings is 3. The van der Waals surface area contributed by atoms with E-state index in [-0.39, 0.29) is 5.91 Å². The minimum atomic E-state index is -0.398. The van der Waals surface area contributed by atoms with Gasteiger partial charge in [0.2, 0.25) is 5.91 Å². The van der Waals surface area contributed by atoms with E-state index in [2.05, 4.69) is 27.2 Å². The molecule has 6 nitrogen and oxygen atoms in total. The first kappa shape index (κ1) is 23.0. The van der Waals surface area contributed by atoms with Crippen molar-refractivity contribution >= 4 is 28.9 Å². The van der Waals surface area contributed by atoms with Gasteiger partial charge in [-0.05, 0) is 48.0 Å². The molecule has 1 aliphatic heterocycles. The predicted octanol–water partition coefficient (Wildman–Crippen LogP) is 4.86. The van der Waals surface area contributed by atoms with E-state index in [0.29, 0.717) is 16.5 Å². The number of piperazine rings is 1. The van der Waals surface area contributed by atoms with Crippen molar-refractivity contribution in [1.82, 2.24) is 4.90 Å². The first-order valence-corrected chi connectivity index (χ1v) is 11.3. The highest BCUT2D eigenvalue weighted by molar-refractivity contribution is 6.32. The summed E-state index contributed by atoms with van der Waals surface area (Å²) in [6.45, 7) is 3.19. The van der Waals surface area contributed by atoms with Crippen LogP contribution in [0.4, 0.5) is 11.4 Å². The number of hydrogen-bond donors (Lipinski definition) is 1. The maximum atomic E-state index is 13.4. The fourth-order valence-electron chi connectivity index (χ4n) is 4.15. The van der Waals surface area contributed by atoms with Gasteiger partial charge in [-0.1, -0.05) is 41.9 Å². The zero-order chi connectivity index (χ0) is 23.2. The molecule has 7 heteroatoms. The zero-order valence-electron chi connectivity index (χ0n) is 18.8. The molecule has 0 radical (unpaired) electrons. The van der Waals surface area contributed by atoms with Gasteiger partial charge < -0.3 is 19.7 Å². The molecule has 0 spiro atoms. The summed E-state index contributed by atoms with van der Waals surface area (Å²) in [7, 11) is 3.24. The Labute approximate surface area is 199 Å². The van der Waals surface area contributed by atoms with Gasteiger partial charge >= 0.3 is 0 Å². The molecular weight excluding hydrogens is 438 g/mol. The maximum absolute atomic E-state index is 13.4. The van der Waals surface area contributed by atoms with Crippen LogP contribution in [-0.4, -0.2) is 51.2 Å². The standard InChI is InChI=1S/C26H28ClN3O3/c1-32-22-11-9-21(10-12-22)29-14-16-30(17-15-29)25(19-6-4-3-5-7-19)26(31)28-20-8-13-24(33-2)23(27)18-20/h3-13,18,25H,14-17H2,1-2H3,(H,28,31). The van der Waals surface area contributed by atoms with E-state index >= 15 is 0 Å². The lowest BCUT2D eigenvalue weighted by Gasteiger charge is -2.39. The molecule has 33 heavy (non-hydrogen) atoms. The van der Waals surface area contributed by atoms with Crippen molar-refractivity contribution in [2.24, 2.45) is 0 Å². The van der Waals surface area contributed by atoms with E-state index in [4.69, 9.17) is 21.1 Å². The molecule has 1 atom stereocenters. The number of amides is 1. The van der Waals surface area contributed by atoms with Crippen LogP contribution in [0.3, 0.4) is 0 Å². The summed E-state index contributed by atoms with van der Waals surface area (Å²) < 4.78 is 10.5. The lowest BCUT2D eigenvalue weighted by atomic mass is 10.0. The van der Waals surface area contributed by atoms with Crippen molar-refractivity contribution in [3.8, 4) is 11.5 Å². The number of carbonyl (C=O) groups excluding carboxylic acids is 1. The van der Waals surface area contributed by atoms with Crippen molar-refractivity contribution in [3.05, 3.63) is 83.4 Å². The Morgan fingerprint density at radius 3 is 2.21 bits per heavy atom. The van der Waals surface area contributed by atoms with E-state index in [0.717, 1.165) is 43.2 Å². The number of rotatable bonds is 7. The molecule has 0 aliphatic carbocycles. The van der Waals surface area contributed by atoms with Crippen LogP contribution in [0.2, 0.25) is 5.02 Å². The Balaban J connectivity index is 1.49. The largest absolute Gasteiger partial charge is 0.497 e. The Morgan fingerprint density at radius 2 is 1.61 bits per heavy atom. The van der Waals surface area contributed by atoms with Crippen molar-refractivity contribution in [3.63, 3.8) is 0 Å². The number of carbonyl (C=O) groups is 1. The molecule has 1 unspecified atom stereocenters. The number of anilines is 2. The molecule has 3 aromatic rings. The lowest BCUT2D eigenvalue weighted by Crippen LogP contribution is -2.50. The van der Waals surface area contributed by atoms with Gasteiger partial charge in [-0.2, -0.15) is 0 Å². The van der Waals surface area contributed by atoms with Gasteiger partial charge in [0.25, 0.3) is 0 Å². The van der Waals surface area contributed by atoms with Crippen molar-refractivity contribution in [2.45, 2.75) is 6.04 Å². The zero-order valence-corrected chi connectivity index (χ0v) is 19.6. The van der Waals surface area contributed by atoms with Crippen LogP contribution in [0.5, 0.6) is 11.5 Å². The summed E-state index contributed by atoms with van der Waals surface area (Å²) in [4.78, 5) is 18.0. The third-order valence-corrected chi connectivity index (χ3v) is 6.20. The van der Waals surface area contributed by atoms with Crippen LogP contribution in [0.15, 0.2) is 72.8 Å². The molecule has 1 fully saturated rings. The van der Waals surface area contributed by atoms with Crippen LogP contribution < -0.4 is 19.7 Å². The number of nitrogens with one attached hydrogen (secondary N) is 1. The Kier molecular flexibility index (Phi) is 7.37. The van der Waals surface area contributed by atoms with Crippen molar-refractivity contribution in [2.75, 3.05) is 50.6 Å². The summed E-state index contributed by atoms with van der Waals surface area (Å²) in [5, 5.41) is 3.50. The van der Waals surface area contributed by atoms with Gasteiger partial charge in [-0.25, -0.2) is 0 Å². The topological polar surface area (TPSA) is 54.0 Å². The first-order chi connectivity index (χ1) is 16.1. The average Bonchev–Trinajstić information content (AvgIpc) is 2.85. The number of methoxy groups -OCH3 is 2. The van der Waals surface area contributed by atoms with Crippen LogP contribution >= 0.6 is 11.6 Å². The van der Waals surface area contributed by atoms with Crippen LogP contribution in [-0.2, 0) is 4.79 Å². The molecule has 0 aromatic heterocycles. The molecule has 1 saturated heterocycles. The first-order valence-electron chi connectivity index (χ1n) is 10.9. The molecule has 1 amide bonds. The minimum absolute atomic E-state index is 0.0830. The summed E-state index contributed by atoms with van der Waals surface area (Å²) in [6, 6.07) is 22.9. The van der Waals surface area contributed by atoms with Gasteiger partial charge in [-0.15, -0.1) is 0 Å².